The largest absolute Gasteiger partial charge is 0.481 e. The molecule has 1 N–H and O–H groups in total. The van der Waals surface area contributed by atoms with Crippen LogP contribution in [0.4, 0.5) is 0 Å². The lowest BCUT2D eigenvalue weighted by molar-refractivity contribution is -0.147. The van der Waals surface area contributed by atoms with Crippen molar-refractivity contribution in [2.45, 2.75) is 44.6 Å². The highest BCUT2D eigenvalue weighted by Gasteiger charge is 2.37. The molecule has 0 aromatic rings. The normalized spacial score (nSPS) is 38.4. The molecule has 2 fully saturated rings. The number of hydrogen-bond donors (Lipinski definition) is 1. The van der Waals surface area contributed by atoms with Crippen molar-refractivity contribution in [3.63, 3.8) is 0 Å². The van der Waals surface area contributed by atoms with Crippen molar-refractivity contribution in [1.29, 1.82) is 0 Å². The Morgan fingerprint density at radius 2 is 1.93 bits per heavy atom. The van der Waals surface area contributed by atoms with Gasteiger partial charge in [0.25, 0.3) is 0 Å². The lowest BCUT2D eigenvalue weighted by atomic mass is 9.75. The molecule has 0 unspecified atom stereocenters. The molecule has 80 valence electrons. The van der Waals surface area contributed by atoms with E-state index in [1.807, 2.05) is 0 Å². The summed E-state index contributed by atoms with van der Waals surface area (Å²) in [5, 5.41) is 9.11. The van der Waals surface area contributed by atoms with Crippen molar-refractivity contribution >= 4 is 5.97 Å². The second kappa shape index (κ2) is 4.30. The maximum Gasteiger partial charge on any atom is 0.306 e. The maximum atomic E-state index is 11.1. The molecular formula is C11H18O3. The molecule has 1 saturated heterocycles. The van der Waals surface area contributed by atoms with Crippen LogP contribution < -0.4 is 0 Å². The molecule has 1 aliphatic carbocycles. The minimum absolute atomic E-state index is 0.146. The Morgan fingerprint density at radius 3 is 2.57 bits per heavy atom. The summed E-state index contributed by atoms with van der Waals surface area (Å²) in [6.07, 6.45) is 6.54. The molecule has 1 saturated carbocycles. The molecule has 1 heterocycles. The predicted octanol–water partition coefficient (Wildman–Crippen LogP) is 2.06. The van der Waals surface area contributed by atoms with Crippen LogP contribution in [0.25, 0.3) is 0 Å². The summed E-state index contributed by atoms with van der Waals surface area (Å²) in [5.41, 5.74) is 0. The molecule has 14 heavy (non-hydrogen) atoms. The van der Waals surface area contributed by atoms with Crippen LogP contribution in [0.15, 0.2) is 0 Å². The highest BCUT2D eigenvalue weighted by molar-refractivity contribution is 5.70. The molecule has 0 aromatic carbocycles. The van der Waals surface area contributed by atoms with Gasteiger partial charge in [0.1, 0.15) is 0 Å². The van der Waals surface area contributed by atoms with Gasteiger partial charge >= 0.3 is 5.97 Å². The van der Waals surface area contributed by atoms with Gasteiger partial charge in [0.15, 0.2) is 0 Å². The van der Waals surface area contributed by atoms with Crippen LogP contribution in [0.3, 0.4) is 0 Å². The van der Waals surface area contributed by atoms with Crippen molar-refractivity contribution < 1.29 is 14.6 Å². The molecule has 3 nitrogen and oxygen atoms in total. The Hall–Kier alpha value is -0.570. The Labute approximate surface area is 84.4 Å². The van der Waals surface area contributed by atoms with Gasteiger partial charge in [-0.15, -0.1) is 0 Å². The quantitative estimate of drug-likeness (QED) is 0.738. The highest BCUT2D eigenvalue weighted by atomic mass is 16.5. The fourth-order valence-electron chi connectivity index (χ4n) is 2.85. The van der Waals surface area contributed by atoms with E-state index in [1.54, 1.807) is 0 Å². The van der Waals surface area contributed by atoms with Gasteiger partial charge in [0, 0.05) is 6.61 Å². The van der Waals surface area contributed by atoms with E-state index >= 15 is 0 Å². The van der Waals surface area contributed by atoms with Crippen LogP contribution in [0.2, 0.25) is 0 Å². The van der Waals surface area contributed by atoms with Gasteiger partial charge in [0.05, 0.1) is 12.0 Å². The minimum Gasteiger partial charge on any atom is -0.481 e. The maximum absolute atomic E-state index is 11.1. The van der Waals surface area contributed by atoms with E-state index in [0.717, 1.165) is 38.7 Å². The van der Waals surface area contributed by atoms with Gasteiger partial charge in [-0.05, 0) is 31.6 Å². The number of aliphatic carboxylic acids is 1. The zero-order chi connectivity index (χ0) is 9.97. The Morgan fingerprint density at radius 1 is 1.14 bits per heavy atom. The van der Waals surface area contributed by atoms with Crippen LogP contribution in [0, 0.1) is 11.8 Å². The summed E-state index contributed by atoms with van der Waals surface area (Å²) in [6.45, 7) is 0.827. The van der Waals surface area contributed by atoms with Crippen molar-refractivity contribution in [2.24, 2.45) is 11.8 Å². The van der Waals surface area contributed by atoms with E-state index in [-0.39, 0.29) is 17.9 Å². The molecule has 0 bridgehead atoms. The predicted molar refractivity (Wildman–Crippen MR) is 52.1 cm³/mol. The first kappa shape index (κ1) is 9.97. The molecule has 0 radical (unpaired) electrons. The summed E-state index contributed by atoms with van der Waals surface area (Å²) in [6, 6.07) is 0. The van der Waals surface area contributed by atoms with Crippen LogP contribution in [0.1, 0.15) is 38.5 Å². The van der Waals surface area contributed by atoms with Crippen molar-refractivity contribution in [2.75, 3.05) is 6.61 Å². The zero-order valence-electron chi connectivity index (χ0n) is 8.45. The average Bonchev–Trinajstić information content (AvgIpc) is 2.70. The number of ether oxygens (including phenoxy) is 1. The average molecular weight is 198 g/mol. The second-order valence-corrected chi connectivity index (χ2v) is 4.44. The number of rotatable bonds is 2. The van der Waals surface area contributed by atoms with Crippen LogP contribution in [0.5, 0.6) is 0 Å². The third kappa shape index (κ3) is 1.92. The first-order chi connectivity index (χ1) is 6.79. The number of hydrogen-bond acceptors (Lipinski definition) is 2. The summed E-state index contributed by atoms with van der Waals surface area (Å²) < 4.78 is 5.61. The van der Waals surface area contributed by atoms with Crippen LogP contribution in [-0.2, 0) is 9.53 Å². The molecule has 2 aliphatic rings. The van der Waals surface area contributed by atoms with E-state index in [1.165, 1.54) is 6.42 Å². The van der Waals surface area contributed by atoms with E-state index < -0.39 is 5.97 Å². The number of carboxylic acids is 1. The number of carbonyl (C=O) groups is 1. The van der Waals surface area contributed by atoms with E-state index in [0.29, 0.717) is 0 Å². The monoisotopic (exact) mass is 198 g/mol. The smallest absolute Gasteiger partial charge is 0.306 e. The Bertz CT molecular complexity index is 209. The van der Waals surface area contributed by atoms with E-state index in [2.05, 4.69) is 0 Å². The topological polar surface area (TPSA) is 46.5 Å². The van der Waals surface area contributed by atoms with Gasteiger partial charge in [-0.25, -0.2) is 0 Å². The molecule has 3 atom stereocenters. The summed E-state index contributed by atoms with van der Waals surface area (Å²) in [7, 11) is 0. The van der Waals surface area contributed by atoms with E-state index in [4.69, 9.17) is 9.84 Å². The fraction of sp³-hybridized carbons (Fsp3) is 0.909. The Kier molecular flexibility index (Phi) is 3.06. The van der Waals surface area contributed by atoms with Crippen molar-refractivity contribution in [3.8, 4) is 0 Å². The first-order valence-electron chi connectivity index (χ1n) is 5.63. The van der Waals surface area contributed by atoms with Gasteiger partial charge < -0.3 is 9.84 Å². The Balaban J connectivity index is 2.01. The third-order valence-electron chi connectivity index (χ3n) is 3.58. The molecule has 0 amide bonds. The standard InChI is InChI=1S/C11H18O3/c12-11(13)9-5-2-1-4-8(9)10-6-3-7-14-10/h8-10H,1-7H2,(H,12,13)/t8-,9-,10+/m1/s1. The molecular weight excluding hydrogens is 180 g/mol. The third-order valence-corrected chi connectivity index (χ3v) is 3.58. The van der Waals surface area contributed by atoms with E-state index in [9.17, 15) is 4.79 Å². The van der Waals surface area contributed by atoms with Crippen molar-refractivity contribution in [1.82, 2.24) is 0 Å². The van der Waals surface area contributed by atoms with Gasteiger partial charge in [-0.1, -0.05) is 12.8 Å². The second-order valence-electron chi connectivity index (χ2n) is 4.44. The van der Waals surface area contributed by atoms with Gasteiger partial charge in [-0.3, -0.25) is 4.79 Å². The number of carboxylic acid groups (broad SMARTS) is 1. The summed E-state index contributed by atoms with van der Waals surface area (Å²) >= 11 is 0. The molecule has 0 spiro atoms. The lowest BCUT2D eigenvalue weighted by Crippen LogP contribution is -2.35. The molecule has 1 aliphatic heterocycles. The SMILES string of the molecule is O=C(O)[C@@H]1CCCC[C@H]1[C@@H]1CCCO1. The van der Waals surface area contributed by atoms with Crippen molar-refractivity contribution in [3.05, 3.63) is 0 Å². The molecule has 2 rings (SSSR count). The molecule has 3 heteroatoms. The van der Waals surface area contributed by atoms with Crippen LogP contribution in [-0.4, -0.2) is 23.8 Å². The first-order valence-corrected chi connectivity index (χ1v) is 5.63. The lowest BCUT2D eigenvalue weighted by Gasteiger charge is -2.32. The van der Waals surface area contributed by atoms with Gasteiger partial charge in [0.2, 0.25) is 0 Å². The van der Waals surface area contributed by atoms with Gasteiger partial charge in [-0.2, -0.15) is 0 Å². The summed E-state index contributed by atoms with van der Waals surface area (Å²) in [5.74, 6) is -0.485. The fourth-order valence-corrected chi connectivity index (χ4v) is 2.85. The summed E-state index contributed by atoms with van der Waals surface area (Å²) in [4.78, 5) is 11.1. The molecule has 0 aromatic heterocycles. The van der Waals surface area contributed by atoms with Crippen LogP contribution >= 0.6 is 0 Å². The zero-order valence-corrected chi connectivity index (χ0v) is 8.45. The minimum atomic E-state index is -0.620. The highest BCUT2D eigenvalue weighted by Crippen LogP contribution is 2.37.